The summed E-state index contributed by atoms with van der Waals surface area (Å²) in [5, 5.41) is 6.04. The van der Waals surface area contributed by atoms with Crippen LogP contribution in [0.4, 0.5) is 11.4 Å². The van der Waals surface area contributed by atoms with E-state index in [0.717, 1.165) is 11.3 Å². The van der Waals surface area contributed by atoms with Gasteiger partial charge in [-0.15, -0.1) is 0 Å². The third-order valence-corrected chi connectivity index (χ3v) is 4.51. The molecule has 3 aromatic rings. The van der Waals surface area contributed by atoms with Crippen molar-refractivity contribution in [2.45, 2.75) is 6.92 Å². The summed E-state index contributed by atoms with van der Waals surface area (Å²) in [6, 6.07) is 19.0. The molecule has 0 saturated carbocycles. The van der Waals surface area contributed by atoms with Crippen molar-refractivity contribution in [1.82, 2.24) is 0 Å². The quantitative estimate of drug-likeness (QED) is 0.628. The molecule has 0 aliphatic carbocycles. The van der Waals surface area contributed by atoms with E-state index >= 15 is 0 Å². The number of ether oxygens (including phenoxy) is 1. The maximum atomic E-state index is 12.4. The Balaban J connectivity index is 1.68. The largest absolute Gasteiger partial charge is 0.495 e. The Bertz CT molecular complexity index is 1020. The number of rotatable bonds is 5. The number of anilines is 2. The average Bonchev–Trinajstić information content (AvgIpc) is 2.70. The lowest BCUT2D eigenvalue weighted by molar-refractivity contribution is 0.101. The molecule has 0 aromatic heterocycles. The van der Waals surface area contributed by atoms with Crippen molar-refractivity contribution in [3.63, 3.8) is 0 Å². The number of amides is 2. The first-order valence-electron chi connectivity index (χ1n) is 8.60. The predicted octanol–water partition coefficient (Wildman–Crippen LogP) is 5.16. The lowest BCUT2D eigenvalue weighted by Gasteiger charge is -2.10. The summed E-state index contributed by atoms with van der Waals surface area (Å²) < 4.78 is 5.09. The molecule has 3 aromatic carbocycles. The van der Waals surface area contributed by atoms with Crippen molar-refractivity contribution in [3.05, 3.63) is 88.4 Å². The number of aryl methyl sites for hydroxylation is 1. The number of halogens is 1. The third kappa shape index (κ3) is 4.50. The van der Waals surface area contributed by atoms with Crippen LogP contribution in [-0.4, -0.2) is 18.9 Å². The SMILES string of the molecule is COc1ccc(NC(=O)c2ccc(C(=O)Nc3ccccc3C)cc2)cc1Cl. The molecule has 5 nitrogen and oxygen atoms in total. The van der Waals surface area contributed by atoms with Crippen molar-refractivity contribution >= 4 is 34.8 Å². The third-order valence-electron chi connectivity index (χ3n) is 4.21. The van der Waals surface area contributed by atoms with E-state index < -0.39 is 0 Å². The number of benzene rings is 3. The summed E-state index contributed by atoms with van der Waals surface area (Å²) in [6.07, 6.45) is 0. The summed E-state index contributed by atoms with van der Waals surface area (Å²) in [5.74, 6) is -0.000950. The Morgan fingerprint density at radius 3 is 2.04 bits per heavy atom. The topological polar surface area (TPSA) is 67.4 Å². The second kappa shape index (κ2) is 8.59. The maximum Gasteiger partial charge on any atom is 0.255 e. The summed E-state index contributed by atoms with van der Waals surface area (Å²) in [7, 11) is 1.52. The summed E-state index contributed by atoms with van der Waals surface area (Å²) in [6.45, 7) is 1.93. The molecule has 0 aliphatic heterocycles. The fourth-order valence-corrected chi connectivity index (χ4v) is 2.89. The van der Waals surface area contributed by atoms with Gasteiger partial charge in [-0.1, -0.05) is 29.8 Å². The zero-order chi connectivity index (χ0) is 20.1. The number of carbonyl (C=O) groups is 2. The van der Waals surface area contributed by atoms with E-state index in [1.165, 1.54) is 7.11 Å². The van der Waals surface area contributed by atoms with Crippen LogP contribution >= 0.6 is 11.6 Å². The Morgan fingerprint density at radius 2 is 1.46 bits per heavy atom. The highest BCUT2D eigenvalue weighted by Crippen LogP contribution is 2.27. The van der Waals surface area contributed by atoms with Gasteiger partial charge in [-0.25, -0.2) is 0 Å². The average molecular weight is 395 g/mol. The molecule has 0 saturated heterocycles. The number of para-hydroxylation sites is 1. The van der Waals surface area contributed by atoms with Crippen LogP contribution in [0.1, 0.15) is 26.3 Å². The van der Waals surface area contributed by atoms with Gasteiger partial charge in [-0.3, -0.25) is 9.59 Å². The fraction of sp³-hybridized carbons (Fsp3) is 0.0909. The number of hydrogen-bond acceptors (Lipinski definition) is 3. The molecule has 0 bridgehead atoms. The fourth-order valence-electron chi connectivity index (χ4n) is 2.63. The molecule has 2 N–H and O–H groups in total. The molecule has 0 atom stereocenters. The van der Waals surface area contributed by atoms with Crippen LogP contribution in [0.15, 0.2) is 66.7 Å². The lowest BCUT2D eigenvalue weighted by Crippen LogP contribution is -2.14. The summed E-state index contributed by atoms with van der Waals surface area (Å²) in [4.78, 5) is 24.8. The molecule has 0 fully saturated rings. The predicted molar refractivity (Wildman–Crippen MR) is 112 cm³/mol. The second-order valence-electron chi connectivity index (χ2n) is 6.15. The Labute approximate surface area is 168 Å². The minimum absolute atomic E-state index is 0.233. The number of nitrogens with one attached hydrogen (secondary N) is 2. The maximum absolute atomic E-state index is 12.4. The van der Waals surface area contributed by atoms with Crippen molar-refractivity contribution in [2.24, 2.45) is 0 Å². The Kier molecular flexibility index (Phi) is 5.96. The van der Waals surface area contributed by atoms with Gasteiger partial charge in [0.25, 0.3) is 11.8 Å². The van der Waals surface area contributed by atoms with Crippen molar-refractivity contribution in [2.75, 3.05) is 17.7 Å². The molecule has 142 valence electrons. The molecule has 6 heteroatoms. The smallest absolute Gasteiger partial charge is 0.255 e. The van der Waals surface area contributed by atoms with E-state index in [0.29, 0.717) is 27.6 Å². The zero-order valence-electron chi connectivity index (χ0n) is 15.5. The van der Waals surface area contributed by atoms with Crippen molar-refractivity contribution in [3.8, 4) is 5.75 Å². The molecular formula is C22H19ClN2O3. The highest BCUT2D eigenvalue weighted by Gasteiger charge is 2.11. The van der Waals surface area contributed by atoms with Gasteiger partial charge in [0.1, 0.15) is 5.75 Å². The van der Waals surface area contributed by atoms with Crippen LogP contribution in [0.3, 0.4) is 0 Å². The number of methoxy groups -OCH3 is 1. The van der Waals surface area contributed by atoms with Crippen LogP contribution in [0.2, 0.25) is 5.02 Å². The lowest BCUT2D eigenvalue weighted by atomic mass is 10.1. The monoisotopic (exact) mass is 394 g/mol. The first kappa shape index (κ1) is 19.5. The van der Waals surface area contributed by atoms with Gasteiger partial charge in [0.2, 0.25) is 0 Å². The van der Waals surface area contributed by atoms with Gasteiger partial charge in [0.15, 0.2) is 0 Å². The number of hydrogen-bond donors (Lipinski definition) is 2. The molecule has 0 spiro atoms. The van der Waals surface area contributed by atoms with Crippen LogP contribution in [0.5, 0.6) is 5.75 Å². The van der Waals surface area contributed by atoms with E-state index in [9.17, 15) is 9.59 Å². The normalized spacial score (nSPS) is 10.2. The second-order valence-corrected chi connectivity index (χ2v) is 6.56. The van der Waals surface area contributed by atoms with Crippen molar-refractivity contribution < 1.29 is 14.3 Å². The van der Waals surface area contributed by atoms with Crippen LogP contribution < -0.4 is 15.4 Å². The summed E-state index contributed by atoms with van der Waals surface area (Å²) in [5.41, 5.74) is 3.18. The molecule has 28 heavy (non-hydrogen) atoms. The van der Waals surface area contributed by atoms with Crippen LogP contribution in [0.25, 0.3) is 0 Å². The minimum atomic E-state index is -0.299. The van der Waals surface area contributed by atoms with Crippen molar-refractivity contribution in [1.29, 1.82) is 0 Å². The Hall–Kier alpha value is -3.31. The molecule has 0 unspecified atom stereocenters. The highest BCUT2D eigenvalue weighted by atomic mass is 35.5. The summed E-state index contributed by atoms with van der Waals surface area (Å²) >= 11 is 6.07. The van der Waals surface area contributed by atoms with E-state index in [1.807, 2.05) is 31.2 Å². The molecule has 0 radical (unpaired) electrons. The van der Waals surface area contributed by atoms with Gasteiger partial charge in [0, 0.05) is 22.5 Å². The van der Waals surface area contributed by atoms with E-state index in [-0.39, 0.29) is 11.8 Å². The first-order chi connectivity index (χ1) is 13.5. The van der Waals surface area contributed by atoms with Gasteiger partial charge >= 0.3 is 0 Å². The Morgan fingerprint density at radius 1 is 0.857 bits per heavy atom. The van der Waals surface area contributed by atoms with E-state index in [2.05, 4.69) is 10.6 Å². The van der Waals surface area contributed by atoms with Gasteiger partial charge in [-0.05, 0) is 61.0 Å². The molecule has 2 amide bonds. The standard InChI is InChI=1S/C22H19ClN2O3/c1-14-5-3-4-6-19(14)25-22(27)16-9-7-15(8-10-16)21(26)24-17-11-12-20(28-2)18(23)13-17/h3-13H,1-2H3,(H,24,26)(H,25,27). The van der Waals surface area contributed by atoms with Crippen LogP contribution in [0, 0.1) is 6.92 Å². The van der Waals surface area contributed by atoms with E-state index in [4.69, 9.17) is 16.3 Å². The molecular weight excluding hydrogens is 376 g/mol. The van der Waals surface area contributed by atoms with Crippen LogP contribution in [-0.2, 0) is 0 Å². The van der Waals surface area contributed by atoms with Gasteiger partial charge in [-0.2, -0.15) is 0 Å². The highest BCUT2D eigenvalue weighted by molar-refractivity contribution is 6.32. The number of carbonyl (C=O) groups excluding carboxylic acids is 2. The zero-order valence-corrected chi connectivity index (χ0v) is 16.2. The first-order valence-corrected chi connectivity index (χ1v) is 8.97. The molecule has 0 aliphatic rings. The minimum Gasteiger partial charge on any atom is -0.495 e. The van der Waals surface area contributed by atoms with E-state index in [1.54, 1.807) is 42.5 Å². The molecule has 0 heterocycles. The van der Waals surface area contributed by atoms with Gasteiger partial charge < -0.3 is 15.4 Å². The van der Waals surface area contributed by atoms with Gasteiger partial charge in [0.05, 0.1) is 12.1 Å². The molecule has 3 rings (SSSR count).